The minimum Gasteiger partial charge on any atom is -0.359 e. The van der Waals surface area contributed by atoms with Crippen LogP contribution in [0.5, 0.6) is 0 Å². The molecule has 2 aliphatic heterocycles. The molecule has 2 aliphatic rings. The van der Waals surface area contributed by atoms with E-state index in [-0.39, 0.29) is 11.2 Å². The van der Waals surface area contributed by atoms with Crippen molar-refractivity contribution in [3.05, 3.63) is 11.1 Å². The molecule has 0 saturated carbocycles. The first kappa shape index (κ1) is 8.95. The van der Waals surface area contributed by atoms with Gasteiger partial charge < -0.3 is 4.74 Å². The summed E-state index contributed by atoms with van der Waals surface area (Å²) < 4.78 is 5.97. The van der Waals surface area contributed by atoms with Gasteiger partial charge in [-0.3, -0.25) is 4.79 Å². The summed E-state index contributed by atoms with van der Waals surface area (Å²) in [5.41, 5.74) is 1.88. The molecule has 0 N–H and O–H groups in total. The maximum Gasteiger partial charge on any atom is 0.139 e. The summed E-state index contributed by atoms with van der Waals surface area (Å²) in [5.74, 6) is 0.326. The zero-order chi connectivity index (χ0) is 9.85. The Kier molecular flexibility index (Phi) is 1.54. The summed E-state index contributed by atoms with van der Waals surface area (Å²) >= 11 is 0. The highest BCUT2D eigenvalue weighted by molar-refractivity contribution is 5.83. The third-order valence-electron chi connectivity index (χ3n) is 3.67. The van der Waals surface area contributed by atoms with E-state index >= 15 is 0 Å². The monoisotopic (exact) mass is 180 g/mol. The Morgan fingerprint density at radius 2 is 1.46 bits per heavy atom. The largest absolute Gasteiger partial charge is 0.359 e. The van der Waals surface area contributed by atoms with Crippen LogP contribution in [-0.4, -0.2) is 17.0 Å². The summed E-state index contributed by atoms with van der Waals surface area (Å²) in [6.45, 7) is 8.21. The lowest BCUT2D eigenvalue weighted by atomic mass is 9.90. The first-order valence-electron chi connectivity index (χ1n) is 4.78. The van der Waals surface area contributed by atoms with Crippen LogP contribution in [0.1, 0.15) is 40.5 Å². The molecular weight excluding hydrogens is 164 g/mol. The van der Waals surface area contributed by atoms with E-state index in [0.29, 0.717) is 18.6 Å². The summed E-state index contributed by atoms with van der Waals surface area (Å²) in [7, 11) is 0. The lowest BCUT2D eigenvalue weighted by Gasteiger charge is -2.37. The first-order chi connectivity index (χ1) is 5.87. The van der Waals surface area contributed by atoms with Gasteiger partial charge >= 0.3 is 0 Å². The molecule has 0 amide bonds. The zero-order valence-electron chi connectivity index (χ0n) is 8.73. The maximum absolute atomic E-state index is 11.5. The average Bonchev–Trinajstić information content (AvgIpc) is 2.08. The van der Waals surface area contributed by atoms with E-state index in [9.17, 15) is 4.79 Å². The third-order valence-corrected chi connectivity index (χ3v) is 3.67. The Labute approximate surface area is 79.0 Å². The molecular formula is C11H16O2. The minimum atomic E-state index is -0.311. The summed E-state index contributed by atoms with van der Waals surface area (Å²) in [5, 5.41) is 0. The quantitative estimate of drug-likeness (QED) is 0.534. The standard InChI is InChI=1S/C11H16O2/c1-7-8(2)11(4)6-9(12)5-10(7,3)13-11/h5-6H2,1-4H3. The highest BCUT2D eigenvalue weighted by Gasteiger charge is 2.52. The van der Waals surface area contributed by atoms with Crippen molar-refractivity contribution in [3.63, 3.8) is 0 Å². The molecule has 0 aromatic carbocycles. The van der Waals surface area contributed by atoms with Crippen molar-refractivity contribution >= 4 is 5.78 Å². The van der Waals surface area contributed by atoms with Gasteiger partial charge in [-0.2, -0.15) is 0 Å². The molecule has 1 fully saturated rings. The Balaban J connectivity index is 2.52. The molecule has 2 unspecified atom stereocenters. The Hall–Kier alpha value is -0.630. The van der Waals surface area contributed by atoms with Crippen molar-refractivity contribution in [2.45, 2.75) is 51.7 Å². The van der Waals surface area contributed by atoms with Crippen LogP contribution in [-0.2, 0) is 9.53 Å². The molecule has 2 rings (SSSR count). The lowest BCUT2D eigenvalue weighted by Crippen LogP contribution is -2.43. The van der Waals surface area contributed by atoms with Crippen LogP contribution in [0.4, 0.5) is 0 Å². The second kappa shape index (κ2) is 2.24. The topological polar surface area (TPSA) is 26.3 Å². The molecule has 2 bridgehead atoms. The Morgan fingerprint density at radius 1 is 1.08 bits per heavy atom. The second-order valence-corrected chi connectivity index (χ2v) is 4.71. The van der Waals surface area contributed by atoms with Crippen LogP contribution in [0.3, 0.4) is 0 Å². The Morgan fingerprint density at radius 3 is 1.85 bits per heavy atom. The van der Waals surface area contributed by atoms with E-state index in [1.807, 2.05) is 13.8 Å². The molecule has 0 aromatic heterocycles. The van der Waals surface area contributed by atoms with Gasteiger partial charge in [-0.25, -0.2) is 0 Å². The number of ketones is 1. The second-order valence-electron chi connectivity index (χ2n) is 4.71. The van der Waals surface area contributed by atoms with Crippen LogP contribution in [0.2, 0.25) is 0 Å². The molecule has 0 radical (unpaired) electrons. The number of carbonyl (C=O) groups excluding carboxylic acids is 1. The van der Waals surface area contributed by atoms with Crippen molar-refractivity contribution in [2.75, 3.05) is 0 Å². The molecule has 2 heteroatoms. The van der Waals surface area contributed by atoms with E-state index in [4.69, 9.17) is 4.74 Å². The maximum atomic E-state index is 11.5. The van der Waals surface area contributed by atoms with E-state index in [1.54, 1.807) is 0 Å². The fraction of sp³-hybridized carbons (Fsp3) is 0.727. The van der Waals surface area contributed by atoms with Gasteiger partial charge in [0.15, 0.2) is 0 Å². The fourth-order valence-electron chi connectivity index (χ4n) is 2.60. The van der Waals surface area contributed by atoms with Gasteiger partial charge in [-0.15, -0.1) is 0 Å². The van der Waals surface area contributed by atoms with E-state index in [1.165, 1.54) is 11.1 Å². The van der Waals surface area contributed by atoms with E-state index in [2.05, 4.69) is 13.8 Å². The average molecular weight is 180 g/mol. The lowest BCUT2D eigenvalue weighted by molar-refractivity contribution is -0.150. The van der Waals surface area contributed by atoms with Crippen LogP contribution in [0.15, 0.2) is 11.1 Å². The van der Waals surface area contributed by atoms with Gasteiger partial charge in [-0.1, -0.05) is 0 Å². The van der Waals surface area contributed by atoms with Crippen LogP contribution >= 0.6 is 0 Å². The normalized spacial score (nSPS) is 44.5. The number of rotatable bonds is 0. The number of ether oxygens (including phenoxy) is 1. The molecule has 0 spiro atoms. The molecule has 0 aromatic rings. The highest BCUT2D eigenvalue weighted by Crippen LogP contribution is 2.49. The molecule has 1 saturated heterocycles. The van der Waals surface area contributed by atoms with Gasteiger partial charge in [0, 0.05) is 12.8 Å². The van der Waals surface area contributed by atoms with Crippen LogP contribution in [0.25, 0.3) is 0 Å². The van der Waals surface area contributed by atoms with Gasteiger partial charge in [-0.05, 0) is 38.8 Å². The van der Waals surface area contributed by atoms with E-state index < -0.39 is 0 Å². The van der Waals surface area contributed by atoms with Crippen molar-refractivity contribution in [1.29, 1.82) is 0 Å². The predicted molar refractivity (Wildman–Crippen MR) is 50.5 cm³/mol. The van der Waals surface area contributed by atoms with Crippen molar-refractivity contribution in [2.24, 2.45) is 0 Å². The van der Waals surface area contributed by atoms with Crippen molar-refractivity contribution in [1.82, 2.24) is 0 Å². The highest BCUT2D eigenvalue weighted by atomic mass is 16.5. The van der Waals surface area contributed by atoms with Crippen molar-refractivity contribution in [3.8, 4) is 0 Å². The zero-order valence-corrected chi connectivity index (χ0v) is 8.73. The number of Topliss-reactive ketones (excluding diaryl/α,β-unsaturated/α-hetero) is 1. The smallest absolute Gasteiger partial charge is 0.139 e. The number of hydrogen-bond acceptors (Lipinski definition) is 2. The summed E-state index contributed by atoms with van der Waals surface area (Å²) in [6.07, 6.45) is 1.09. The van der Waals surface area contributed by atoms with Gasteiger partial charge in [0.2, 0.25) is 0 Å². The molecule has 2 nitrogen and oxygen atoms in total. The third kappa shape index (κ3) is 1.01. The van der Waals surface area contributed by atoms with E-state index in [0.717, 1.165) is 0 Å². The predicted octanol–water partition coefficient (Wildman–Crippen LogP) is 2.23. The molecule has 13 heavy (non-hydrogen) atoms. The molecule has 2 heterocycles. The Bertz CT molecular complexity index is 288. The van der Waals surface area contributed by atoms with Crippen LogP contribution in [0, 0.1) is 0 Å². The minimum absolute atomic E-state index is 0.311. The summed E-state index contributed by atoms with van der Waals surface area (Å²) in [6, 6.07) is 0. The van der Waals surface area contributed by atoms with Crippen molar-refractivity contribution < 1.29 is 9.53 Å². The van der Waals surface area contributed by atoms with Crippen LogP contribution < -0.4 is 0 Å². The fourth-order valence-corrected chi connectivity index (χ4v) is 2.60. The number of hydrogen-bond donors (Lipinski definition) is 0. The molecule has 0 aliphatic carbocycles. The first-order valence-corrected chi connectivity index (χ1v) is 4.78. The molecule has 2 atom stereocenters. The van der Waals surface area contributed by atoms with Gasteiger partial charge in [0.05, 0.1) is 11.2 Å². The van der Waals surface area contributed by atoms with Gasteiger partial charge in [0.1, 0.15) is 5.78 Å². The SMILES string of the molecule is CC1=C(C)C2(C)CC(=O)CC1(C)O2. The van der Waals surface area contributed by atoms with Gasteiger partial charge in [0.25, 0.3) is 0 Å². The summed E-state index contributed by atoms with van der Waals surface area (Å²) in [4.78, 5) is 11.5. The number of fused-ring (bicyclic) bond motifs is 2. The number of carbonyl (C=O) groups is 1. The molecule has 72 valence electrons.